The average Bonchev–Trinajstić information content (AvgIpc) is 2.50. The summed E-state index contributed by atoms with van der Waals surface area (Å²) in [5.41, 5.74) is 0.166. The van der Waals surface area contributed by atoms with Gasteiger partial charge in [0.15, 0.2) is 0 Å². The predicted octanol–water partition coefficient (Wildman–Crippen LogP) is 1.11. The van der Waals surface area contributed by atoms with Crippen molar-refractivity contribution in [3.8, 4) is 5.75 Å². The van der Waals surface area contributed by atoms with Gasteiger partial charge in [-0.05, 0) is 17.7 Å². The van der Waals surface area contributed by atoms with E-state index in [1.54, 1.807) is 0 Å². The molecule has 1 atom stereocenters. The number of halogens is 2. The standard InChI is InChI=1S/C11H11F2NO3/c12-10(13)9(15)6-1-2-8-7(5-6)11(16)14-3-4-17-8/h1-2,5,9-10,15H,3-4H2,(H,14,16). The van der Waals surface area contributed by atoms with Gasteiger partial charge in [-0.15, -0.1) is 0 Å². The van der Waals surface area contributed by atoms with Crippen LogP contribution in [0.1, 0.15) is 22.0 Å². The minimum atomic E-state index is -2.89. The highest BCUT2D eigenvalue weighted by atomic mass is 19.3. The first kappa shape index (κ1) is 11.8. The second kappa shape index (κ2) is 4.67. The molecule has 4 nitrogen and oxygen atoms in total. The van der Waals surface area contributed by atoms with Crippen LogP contribution in [0.4, 0.5) is 8.78 Å². The van der Waals surface area contributed by atoms with Crippen LogP contribution in [0.3, 0.4) is 0 Å². The van der Waals surface area contributed by atoms with Crippen molar-refractivity contribution >= 4 is 5.91 Å². The van der Waals surface area contributed by atoms with Gasteiger partial charge >= 0.3 is 0 Å². The number of aliphatic hydroxyl groups excluding tert-OH is 1. The molecule has 17 heavy (non-hydrogen) atoms. The Hall–Kier alpha value is -1.69. The molecule has 0 bridgehead atoms. The van der Waals surface area contributed by atoms with Crippen molar-refractivity contribution in [3.63, 3.8) is 0 Å². The Morgan fingerprint density at radius 3 is 2.88 bits per heavy atom. The van der Waals surface area contributed by atoms with Crippen LogP contribution < -0.4 is 10.1 Å². The first-order valence-corrected chi connectivity index (χ1v) is 5.11. The largest absolute Gasteiger partial charge is 0.491 e. The van der Waals surface area contributed by atoms with E-state index in [0.717, 1.165) is 0 Å². The molecule has 1 aliphatic heterocycles. The first-order chi connectivity index (χ1) is 8.09. The Morgan fingerprint density at radius 2 is 2.18 bits per heavy atom. The van der Waals surface area contributed by atoms with Crippen LogP contribution in [0.5, 0.6) is 5.75 Å². The van der Waals surface area contributed by atoms with Gasteiger partial charge in [-0.3, -0.25) is 4.79 Å². The van der Waals surface area contributed by atoms with Crippen LogP contribution in [0.25, 0.3) is 0 Å². The lowest BCUT2D eigenvalue weighted by Gasteiger charge is -2.12. The molecule has 0 radical (unpaired) electrons. The van der Waals surface area contributed by atoms with Crippen molar-refractivity contribution in [2.24, 2.45) is 0 Å². The van der Waals surface area contributed by atoms with Crippen molar-refractivity contribution in [1.82, 2.24) is 5.32 Å². The molecular formula is C11H11F2NO3. The molecule has 1 amide bonds. The van der Waals surface area contributed by atoms with Gasteiger partial charge in [-0.25, -0.2) is 8.78 Å². The van der Waals surface area contributed by atoms with Crippen LogP contribution >= 0.6 is 0 Å². The van der Waals surface area contributed by atoms with Crippen LogP contribution in [-0.2, 0) is 0 Å². The number of ether oxygens (including phenoxy) is 1. The Kier molecular flexibility index (Phi) is 3.23. The van der Waals surface area contributed by atoms with Crippen LogP contribution in [-0.4, -0.2) is 30.6 Å². The van der Waals surface area contributed by atoms with Crippen molar-refractivity contribution in [1.29, 1.82) is 0 Å². The maximum Gasteiger partial charge on any atom is 0.268 e. The number of amides is 1. The van der Waals surface area contributed by atoms with E-state index in [-0.39, 0.29) is 17.0 Å². The summed E-state index contributed by atoms with van der Waals surface area (Å²) in [6, 6.07) is 3.97. The molecule has 1 aromatic rings. The number of benzene rings is 1. The van der Waals surface area contributed by atoms with Crippen molar-refractivity contribution in [2.75, 3.05) is 13.2 Å². The summed E-state index contributed by atoms with van der Waals surface area (Å²) in [4.78, 5) is 11.6. The maximum absolute atomic E-state index is 12.3. The molecule has 6 heteroatoms. The van der Waals surface area contributed by atoms with Gasteiger partial charge in [-0.1, -0.05) is 6.07 Å². The number of fused-ring (bicyclic) bond motifs is 1. The number of rotatable bonds is 2. The fraction of sp³-hybridized carbons (Fsp3) is 0.364. The number of nitrogens with one attached hydrogen (secondary N) is 1. The van der Waals surface area contributed by atoms with E-state index in [2.05, 4.69) is 5.32 Å². The van der Waals surface area contributed by atoms with Gasteiger partial charge in [0.1, 0.15) is 18.5 Å². The lowest BCUT2D eigenvalue weighted by atomic mass is 10.0. The van der Waals surface area contributed by atoms with Gasteiger partial charge in [0.2, 0.25) is 0 Å². The summed E-state index contributed by atoms with van der Waals surface area (Å²) in [7, 11) is 0. The minimum absolute atomic E-state index is 0.000556. The molecule has 1 unspecified atom stereocenters. The Labute approximate surface area is 96.2 Å². The molecule has 92 valence electrons. The Bertz CT molecular complexity index is 437. The first-order valence-electron chi connectivity index (χ1n) is 5.11. The summed E-state index contributed by atoms with van der Waals surface area (Å²) in [5.74, 6) is -0.0500. The zero-order chi connectivity index (χ0) is 12.4. The fourth-order valence-corrected chi connectivity index (χ4v) is 1.60. The van der Waals surface area contributed by atoms with Gasteiger partial charge in [-0.2, -0.15) is 0 Å². The molecule has 1 heterocycles. The number of aliphatic hydroxyl groups is 1. The summed E-state index contributed by atoms with van der Waals surface area (Å²) < 4.78 is 29.9. The molecule has 0 saturated carbocycles. The summed E-state index contributed by atoms with van der Waals surface area (Å²) in [6.45, 7) is 0.690. The second-order valence-electron chi connectivity index (χ2n) is 3.64. The fourth-order valence-electron chi connectivity index (χ4n) is 1.60. The Morgan fingerprint density at radius 1 is 1.41 bits per heavy atom. The molecule has 1 aliphatic rings. The highest BCUT2D eigenvalue weighted by Gasteiger charge is 2.23. The SMILES string of the molecule is O=C1NCCOc2ccc(C(O)C(F)F)cc21. The third-order valence-corrected chi connectivity index (χ3v) is 2.47. The zero-order valence-corrected chi connectivity index (χ0v) is 8.82. The summed E-state index contributed by atoms with van der Waals surface area (Å²) in [6.07, 6.45) is -4.78. The van der Waals surface area contributed by atoms with E-state index in [4.69, 9.17) is 4.74 Å². The predicted molar refractivity (Wildman–Crippen MR) is 55.2 cm³/mol. The Balaban J connectivity index is 2.38. The van der Waals surface area contributed by atoms with Crippen molar-refractivity contribution in [3.05, 3.63) is 29.3 Å². The van der Waals surface area contributed by atoms with E-state index in [1.807, 2.05) is 0 Å². The van der Waals surface area contributed by atoms with E-state index >= 15 is 0 Å². The van der Waals surface area contributed by atoms with Gasteiger partial charge < -0.3 is 15.2 Å². The average molecular weight is 243 g/mol. The monoisotopic (exact) mass is 243 g/mol. The van der Waals surface area contributed by atoms with Crippen LogP contribution in [0, 0.1) is 0 Å². The molecule has 0 spiro atoms. The molecule has 2 rings (SSSR count). The van der Waals surface area contributed by atoms with Crippen molar-refractivity contribution in [2.45, 2.75) is 12.5 Å². The van der Waals surface area contributed by atoms with Crippen molar-refractivity contribution < 1.29 is 23.4 Å². The minimum Gasteiger partial charge on any atom is -0.491 e. The zero-order valence-electron chi connectivity index (χ0n) is 8.82. The van der Waals surface area contributed by atoms with Crippen LogP contribution in [0.15, 0.2) is 18.2 Å². The van der Waals surface area contributed by atoms with E-state index < -0.39 is 12.5 Å². The summed E-state index contributed by atoms with van der Waals surface area (Å²) >= 11 is 0. The van der Waals surface area contributed by atoms with Crippen LogP contribution in [0.2, 0.25) is 0 Å². The third-order valence-electron chi connectivity index (χ3n) is 2.47. The molecule has 1 aromatic carbocycles. The second-order valence-corrected chi connectivity index (χ2v) is 3.64. The number of alkyl halides is 2. The topological polar surface area (TPSA) is 58.6 Å². The third kappa shape index (κ3) is 2.36. The summed E-state index contributed by atoms with van der Waals surface area (Å²) in [5, 5.41) is 11.8. The smallest absolute Gasteiger partial charge is 0.268 e. The van der Waals surface area contributed by atoms with E-state index in [1.165, 1.54) is 18.2 Å². The van der Waals surface area contributed by atoms with Gasteiger partial charge in [0, 0.05) is 0 Å². The number of hydrogen-bond donors (Lipinski definition) is 2. The molecular weight excluding hydrogens is 232 g/mol. The molecule has 0 saturated heterocycles. The number of carbonyl (C=O) groups is 1. The highest BCUT2D eigenvalue weighted by Crippen LogP contribution is 2.27. The number of hydrogen-bond acceptors (Lipinski definition) is 3. The molecule has 0 aliphatic carbocycles. The lowest BCUT2D eigenvalue weighted by molar-refractivity contribution is -0.00583. The molecule has 0 aromatic heterocycles. The lowest BCUT2D eigenvalue weighted by Crippen LogP contribution is -2.24. The molecule has 2 N–H and O–H groups in total. The number of carbonyl (C=O) groups excluding carboxylic acids is 1. The van der Waals surface area contributed by atoms with Gasteiger partial charge in [0.25, 0.3) is 12.3 Å². The molecule has 0 fully saturated rings. The van der Waals surface area contributed by atoms with E-state index in [0.29, 0.717) is 18.9 Å². The maximum atomic E-state index is 12.3. The van der Waals surface area contributed by atoms with E-state index in [9.17, 15) is 18.7 Å². The van der Waals surface area contributed by atoms with Gasteiger partial charge in [0.05, 0.1) is 12.1 Å². The highest BCUT2D eigenvalue weighted by molar-refractivity contribution is 5.97. The normalized spacial score (nSPS) is 16.8. The quantitative estimate of drug-likeness (QED) is 0.818.